The van der Waals surface area contributed by atoms with Crippen LogP contribution in [-0.2, 0) is 9.47 Å². The SMILES string of the molecule is N#C[C@H]1CCC[C@@H]1OC1CCOCC1. The molecule has 1 saturated heterocycles. The highest BCUT2D eigenvalue weighted by atomic mass is 16.5. The van der Waals surface area contributed by atoms with E-state index in [4.69, 9.17) is 14.7 Å². The third-order valence-corrected chi connectivity index (χ3v) is 3.15. The third kappa shape index (κ3) is 2.26. The zero-order chi connectivity index (χ0) is 9.80. The highest BCUT2D eigenvalue weighted by molar-refractivity contribution is 4.94. The Labute approximate surface area is 85.0 Å². The molecule has 1 aliphatic carbocycles. The van der Waals surface area contributed by atoms with Gasteiger partial charge in [-0.2, -0.15) is 5.26 Å². The fourth-order valence-electron chi connectivity index (χ4n) is 2.30. The Kier molecular flexibility index (Phi) is 3.39. The molecule has 2 fully saturated rings. The standard InChI is InChI=1S/C11H17NO2/c12-8-9-2-1-3-11(9)14-10-4-6-13-7-5-10/h9-11H,1-7H2/t9-,11+/m1/s1. The summed E-state index contributed by atoms with van der Waals surface area (Å²) in [5.74, 6) is 0.137. The Morgan fingerprint density at radius 1 is 1.14 bits per heavy atom. The molecule has 2 rings (SSSR count). The highest BCUT2D eigenvalue weighted by Gasteiger charge is 2.30. The minimum atomic E-state index is 0.137. The minimum absolute atomic E-state index is 0.137. The van der Waals surface area contributed by atoms with Gasteiger partial charge in [0.05, 0.1) is 24.2 Å². The summed E-state index contributed by atoms with van der Waals surface area (Å²) in [6.07, 6.45) is 5.75. The molecular formula is C11H17NO2. The van der Waals surface area contributed by atoms with Gasteiger partial charge in [0, 0.05) is 13.2 Å². The fraction of sp³-hybridized carbons (Fsp3) is 0.909. The first-order chi connectivity index (χ1) is 6.90. The van der Waals surface area contributed by atoms with Crippen LogP contribution in [0, 0.1) is 17.2 Å². The lowest BCUT2D eigenvalue weighted by molar-refractivity contribution is -0.0733. The van der Waals surface area contributed by atoms with Crippen LogP contribution in [-0.4, -0.2) is 25.4 Å². The van der Waals surface area contributed by atoms with Crippen molar-refractivity contribution in [1.29, 1.82) is 5.26 Å². The van der Waals surface area contributed by atoms with Crippen LogP contribution in [0.4, 0.5) is 0 Å². The van der Waals surface area contributed by atoms with E-state index in [1.807, 2.05) is 0 Å². The second kappa shape index (κ2) is 4.77. The monoisotopic (exact) mass is 195 g/mol. The predicted molar refractivity (Wildman–Crippen MR) is 51.7 cm³/mol. The van der Waals surface area contributed by atoms with Crippen molar-refractivity contribution in [2.75, 3.05) is 13.2 Å². The van der Waals surface area contributed by atoms with Gasteiger partial charge in [0.25, 0.3) is 0 Å². The van der Waals surface area contributed by atoms with Crippen LogP contribution in [0.5, 0.6) is 0 Å². The first-order valence-corrected chi connectivity index (χ1v) is 5.53. The molecule has 3 nitrogen and oxygen atoms in total. The van der Waals surface area contributed by atoms with Crippen molar-refractivity contribution in [2.45, 2.75) is 44.3 Å². The number of nitrogens with zero attached hydrogens (tertiary/aromatic N) is 1. The van der Waals surface area contributed by atoms with E-state index >= 15 is 0 Å². The molecular weight excluding hydrogens is 178 g/mol. The molecule has 0 bridgehead atoms. The van der Waals surface area contributed by atoms with Crippen molar-refractivity contribution in [3.8, 4) is 6.07 Å². The summed E-state index contributed by atoms with van der Waals surface area (Å²) >= 11 is 0. The number of nitriles is 1. The Hall–Kier alpha value is -0.590. The fourth-order valence-corrected chi connectivity index (χ4v) is 2.30. The van der Waals surface area contributed by atoms with Gasteiger partial charge >= 0.3 is 0 Å². The van der Waals surface area contributed by atoms with E-state index in [-0.39, 0.29) is 12.0 Å². The molecule has 14 heavy (non-hydrogen) atoms. The first kappa shape index (κ1) is 9.95. The summed E-state index contributed by atoms with van der Waals surface area (Å²) in [5, 5.41) is 8.91. The molecule has 0 aromatic carbocycles. The van der Waals surface area contributed by atoms with Gasteiger partial charge in [-0.1, -0.05) is 0 Å². The van der Waals surface area contributed by atoms with Gasteiger partial charge in [-0.05, 0) is 32.1 Å². The summed E-state index contributed by atoms with van der Waals surface area (Å²) in [6.45, 7) is 1.63. The minimum Gasteiger partial charge on any atom is -0.381 e. The molecule has 0 radical (unpaired) electrons. The zero-order valence-corrected chi connectivity index (χ0v) is 8.45. The smallest absolute Gasteiger partial charge is 0.0737 e. The molecule has 0 aromatic heterocycles. The average Bonchev–Trinajstić information content (AvgIpc) is 2.67. The number of ether oxygens (including phenoxy) is 2. The predicted octanol–water partition coefficient (Wildman–Crippen LogP) is 1.87. The van der Waals surface area contributed by atoms with E-state index in [0.717, 1.165) is 45.3 Å². The summed E-state index contributed by atoms with van der Waals surface area (Å²) in [6, 6.07) is 2.35. The maximum absolute atomic E-state index is 8.91. The van der Waals surface area contributed by atoms with Gasteiger partial charge in [0.2, 0.25) is 0 Å². The topological polar surface area (TPSA) is 42.2 Å². The van der Waals surface area contributed by atoms with Crippen molar-refractivity contribution >= 4 is 0 Å². The van der Waals surface area contributed by atoms with Gasteiger partial charge in [-0.25, -0.2) is 0 Å². The molecule has 0 N–H and O–H groups in total. The number of hydrogen-bond acceptors (Lipinski definition) is 3. The Morgan fingerprint density at radius 2 is 1.93 bits per heavy atom. The van der Waals surface area contributed by atoms with Gasteiger partial charge in [-0.15, -0.1) is 0 Å². The third-order valence-electron chi connectivity index (χ3n) is 3.15. The highest BCUT2D eigenvalue weighted by Crippen LogP contribution is 2.30. The quantitative estimate of drug-likeness (QED) is 0.675. The second-order valence-corrected chi connectivity index (χ2v) is 4.15. The van der Waals surface area contributed by atoms with Crippen LogP contribution < -0.4 is 0 Å². The van der Waals surface area contributed by atoms with Gasteiger partial charge in [0.15, 0.2) is 0 Å². The van der Waals surface area contributed by atoms with Gasteiger partial charge in [-0.3, -0.25) is 0 Å². The molecule has 1 aliphatic heterocycles. The van der Waals surface area contributed by atoms with Crippen LogP contribution >= 0.6 is 0 Å². The first-order valence-electron chi connectivity index (χ1n) is 5.53. The van der Waals surface area contributed by atoms with Gasteiger partial charge < -0.3 is 9.47 Å². The van der Waals surface area contributed by atoms with Crippen molar-refractivity contribution in [2.24, 2.45) is 5.92 Å². The molecule has 1 heterocycles. The summed E-state index contributed by atoms with van der Waals surface area (Å²) in [5.41, 5.74) is 0. The molecule has 1 saturated carbocycles. The molecule has 3 heteroatoms. The van der Waals surface area contributed by atoms with Crippen LogP contribution in [0.15, 0.2) is 0 Å². The Morgan fingerprint density at radius 3 is 2.64 bits per heavy atom. The number of hydrogen-bond donors (Lipinski definition) is 0. The summed E-state index contributed by atoms with van der Waals surface area (Å²) in [4.78, 5) is 0. The molecule has 2 aliphatic rings. The van der Waals surface area contributed by atoms with E-state index < -0.39 is 0 Å². The van der Waals surface area contributed by atoms with E-state index in [0.29, 0.717) is 6.10 Å². The molecule has 78 valence electrons. The molecule has 0 unspecified atom stereocenters. The van der Waals surface area contributed by atoms with Crippen molar-refractivity contribution < 1.29 is 9.47 Å². The molecule has 0 amide bonds. The average molecular weight is 195 g/mol. The van der Waals surface area contributed by atoms with Gasteiger partial charge in [0.1, 0.15) is 0 Å². The lowest BCUT2D eigenvalue weighted by Gasteiger charge is -2.26. The molecule has 2 atom stereocenters. The lowest BCUT2D eigenvalue weighted by Crippen LogP contribution is -2.29. The van der Waals surface area contributed by atoms with Crippen LogP contribution in [0.1, 0.15) is 32.1 Å². The molecule has 0 aromatic rings. The van der Waals surface area contributed by atoms with Crippen LogP contribution in [0.2, 0.25) is 0 Å². The van der Waals surface area contributed by atoms with Crippen molar-refractivity contribution in [3.05, 3.63) is 0 Å². The Balaban J connectivity index is 1.81. The largest absolute Gasteiger partial charge is 0.381 e. The second-order valence-electron chi connectivity index (χ2n) is 4.15. The maximum Gasteiger partial charge on any atom is 0.0737 e. The summed E-state index contributed by atoms with van der Waals surface area (Å²) < 4.78 is 11.2. The number of rotatable bonds is 2. The van der Waals surface area contributed by atoms with E-state index in [1.54, 1.807) is 0 Å². The normalized spacial score (nSPS) is 34.2. The summed E-state index contributed by atoms with van der Waals surface area (Å²) in [7, 11) is 0. The van der Waals surface area contributed by atoms with Crippen LogP contribution in [0.25, 0.3) is 0 Å². The van der Waals surface area contributed by atoms with Crippen molar-refractivity contribution in [3.63, 3.8) is 0 Å². The van der Waals surface area contributed by atoms with Crippen LogP contribution in [0.3, 0.4) is 0 Å². The maximum atomic E-state index is 8.91. The zero-order valence-electron chi connectivity index (χ0n) is 8.45. The van der Waals surface area contributed by atoms with E-state index in [9.17, 15) is 0 Å². The van der Waals surface area contributed by atoms with Crippen molar-refractivity contribution in [1.82, 2.24) is 0 Å². The lowest BCUT2D eigenvalue weighted by atomic mass is 10.1. The Bertz CT molecular complexity index is 218. The van der Waals surface area contributed by atoms with E-state index in [2.05, 4.69) is 6.07 Å². The molecule has 0 spiro atoms. The van der Waals surface area contributed by atoms with E-state index in [1.165, 1.54) is 0 Å².